The topological polar surface area (TPSA) is 71.6 Å². The monoisotopic (exact) mass is 372 g/mol. The summed E-state index contributed by atoms with van der Waals surface area (Å²) in [5.41, 5.74) is 3.10. The van der Waals surface area contributed by atoms with E-state index in [1.54, 1.807) is 4.90 Å². The number of piperidine rings is 1. The van der Waals surface area contributed by atoms with Crippen LogP contribution in [-0.2, 0) is 9.47 Å². The van der Waals surface area contributed by atoms with Gasteiger partial charge in [0.05, 0.1) is 7.11 Å². The molecule has 27 heavy (non-hydrogen) atoms. The Hall–Kier alpha value is -2.50. The number of fused-ring (bicyclic) bond motifs is 1. The molecule has 1 aromatic carbocycles. The highest BCUT2D eigenvalue weighted by Crippen LogP contribution is 2.37. The van der Waals surface area contributed by atoms with Crippen LogP contribution in [0.15, 0.2) is 18.2 Å². The Morgan fingerprint density at radius 2 is 1.85 bits per heavy atom. The average Bonchev–Trinajstić information content (AvgIpc) is 3.00. The molecule has 1 aliphatic heterocycles. The number of nitrogens with zero attached hydrogens (tertiary/aromatic N) is 1. The maximum atomic E-state index is 12.3. The third-order valence-corrected chi connectivity index (χ3v) is 5.03. The van der Waals surface area contributed by atoms with E-state index in [9.17, 15) is 9.59 Å². The second-order valence-corrected chi connectivity index (χ2v) is 8.14. The van der Waals surface area contributed by atoms with Crippen LogP contribution < -0.4 is 0 Å². The van der Waals surface area contributed by atoms with Gasteiger partial charge in [-0.25, -0.2) is 9.59 Å². The lowest BCUT2D eigenvalue weighted by molar-refractivity contribution is 0.0204. The Labute approximate surface area is 159 Å². The van der Waals surface area contributed by atoms with Crippen molar-refractivity contribution >= 4 is 23.0 Å². The minimum Gasteiger partial charge on any atom is -0.464 e. The summed E-state index contributed by atoms with van der Waals surface area (Å²) in [4.78, 5) is 29.7. The molecule has 1 N–H and O–H groups in total. The van der Waals surface area contributed by atoms with E-state index >= 15 is 0 Å². The number of likely N-dealkylation sites (tertiary alicyclic amines) is 1. The van der Waals surface area contributed by atoms with Crippen LogP contribution >= 0.6 is 0 Å². The van der Waals surface area contributed by atoms with Gasteiger partial charge in [0.25, 0.3) is 0 Å². The van der Waals surface area contributed by atoms with E-state index in [0.717, 1.165) is 34.9 Å². The zero-order valence-corrected chi connectivity index (χ0v) is 16.7. The highest BCUT2D eigenvalue weighted by Gasteiger charge is 2.31. The molecule has 1 amide bonds. The third-order valence-electron chi connectivity index (χ3n) is 5.03. The number of aromatic amines is 1. The van der Waals surface area contributed by atoms with Gasteiger partial charge in [-0.15, -0.1) is 0 Å². The summed E-state index contributed by atoms with van der Waals surface area (Å²) in [6.45, 7) is 8.85. The number of rotatable bonds is 2. The van der Waals surface area contributed by atoms with Crippen LogP contribution in [0.25, 0.3) is 10.9 Å². The Morgan fingerprint density at radius 1 is 1.19 bits per heavy atom. The first-order valence-electron chi connectivity index (χ1n) is 9.38. The summed E-state index contributed by atoms with van der Waals surface area (Å²) in [6, 6.07) is 6.07. The zero-order chi connectivity index (χ0) is 19.8. The molecule has 1 aromatic heterocycles. The van der Waals surface area contributed by atoms with Crippen molar-refractivity contribution < 1.29 is 19.1 Å². The Morgan fingerprint density at radius 3 is 2.44 bits per heavy atom. The Kier molecular flexibility index (Phi) is 5.18. The van der Waals surface area contributed by atoms with Gasteiger partial charge >= 0.3 is 12.1 Å². The van der Waals surface area contributed by atoms with Gasteiger partial charge in [-0.2, -0.15) is 0 Å². The van der Waals surface area contributed by atoms with Crippen LogP contribution in [0.2, 0.25) is 0 Å². The molecule has 1 saturated heterocycles. The second kappa shape index (κ2) is 7.25. The molecule has 146 valence electrons. The van der Waals surface area contributed by atoms with Crippen molar-refractivity contribution in [2.24, 2.45) is 0 Å². The number of para-hydroxylation sites is 1. The summed E-state index contributed by atoms with van der Waals surface area (Å²) in [5, 5.41) is 1.06. The fourth-order valence-corrected chi connectivity index (χ4v) is 3.75. The van der Waals surface area contributed by atoms with Gasteiger partial charge < -0.3 is 19.4 Å². The minimum atomic E-state index is -0.500. The molecular weight excluding hydrogens is 344 g/mol. The van der Waals surface area contributed by atoms with E-state index in [2.05, 4.69) is 4.98 Å². The van der Waals surface area contributed by atoms with Gasteiger partial charge in [0.2, 0.25) is 0 Å². The van der Waals surface area contributed by atoms with Gasteiger partial charge in [-0.3, -0.25) is 0 Å². The molecule has 0 spiro atoms. The number of esters is 1. The van der Waals surface area contributed by atoms with Crippen molar-refractivity contribution in [3.63, 3.8) is 0 Å². The van der Waals surface area contributed by atoms with Gasteiger partial charge in [-0.1, -0.05) is 18.2 Å². The number of hydrogen-bond acceptors (Lipinski definition) is 4. The van der Waals surface area contributed by atoms with Crippen molar-refractivity contribution in [3.8, 4) is 0 Å². The number of aromatic nitrogens is 1. The number of hydrogen-bond donors (Lipinski definition) is 1. The smallest absolute Gasteiger partial charge is 0.410 e. The number of carbonyl (C=O) groups is 2. The molecule has 0 bridgehead atoms. The number of H-pyrrole nitrogens is 1. The van der Waals surface area contributed by atoms with E-state index in [1.807, 2.05) is 45.9 Å². The number of ether oxygens (including phenoxy) is 2. The maximum absolute atomic E-state index is 12.3. The molecule has 2 heterocycles. The lowest BCUT2D eigenvalue weighted by Gasteiger charge is -2.33. The highest BCUT2D eigenvalue weighted by atomic mass is 16.6. The fraction of sp³-hybridized carbons (Fsp3) is 0.524. The van der Waals surface area contributed by atoms with Crippen molar-refractivity contribution in [1.82, 2.24) is 9.88 Å². The third kappa shape index (κ3) is 3.94. The van der Waals surface area contributed by atoms with Gasteiger partial charge in [0.15, 0.2) is 0 Å². The van der Waals surface area contributed by atoms with E-state index in [4.69, 9.17) is 9.47 Å². The predicted molar refractivity (Wildman–Crippen MR) is 104 cm³/mol. The van der Waals surface area contributed by atoms with E-state index < -0.39 is 5.60 Å². The van der Waals surface area contributed by atoms with Gasteiger partial charge in [-0.05, 0) is 57.6 Å². The van der Waals surface area contributed by atoms with E-state index in [-0.39, 0.29) is 18.0 Å². The standard InChI is InChI=1S/C21H28N2O4/c1-13-7-6-8-15-16(18(19(24)26-5)22-17(13)15)14-9-11-23(12-10-14)20(25)27-21(2,3)4/h6-8,14,22H,9-12H2,1-5H3. The molecule has 6 heteroatoms. The molecule has 3 rings (SSSR count). The van der Waals surface area contributed by atoms with Crippen LogP contribution in [0.4, 0.5) is 4.79 Å². The normalized spacial score (nSPS) is 15.8. The summed E-state index contributed by atoms with van der Waals surface area (Å²) < 4.78 is 10.5. The Balaban J connectivity index is 1.86. The van der Waals surface area contributed by atoms with E-state index in [0.29, 0.717) is 18.8 Å². The van der Waals surface area contributed by atoms with Gasteiger partial charge in [0, 0.05) is 24.0 Å². The van der Waals surface area contributed by atoms with E-state index in [1.165, 1.54) is 7.11 Å². The molecule has 0 unspecified atom stereocenters. The number of methoxy groups -OCH3 is 1. The second-order valence-electron chi connectivity index (χ2n) is 8.14. The average molecular weight is 372 g/mol. The van der Waals surface area contributed by atoms with Crippen molar-refractivity contribution in [2.75, 3.05) is 20.2 Å². The van der Waals surface area contributed by atoms with Gasteiger partial charge in [0.1, 0.15) is 11.3 Å². The summed E-state index contributed by atoms with van der Waals surface area (Å²) in [6.07, 6.45) is 1.29. The fourth-order valence-electron chi connectivity index (χ4n) is 3.75. The molecular formula is C21H28N2O4. The lowest BCUT2D eigenvalue weighted by atomic mass is 9.87. The molecule has 1 aliphatic rings. The van der Waals surface area contributed by atoms with Crippen LogP contribution in [0, 0.1) is 6.92 Å². The first-order valence-corrected chi connectivity index (χ1v) is 9.38. The van der Waals surface area contributed by atoms with Crippen molar-refractivity contribution in [3.05, 3.63) is 35.0 Å². The largest absolute Gasteiger partial charge is 0.464 e. The summed E-state index contributed by atoms with van der Waals surface area (Å²) in [7, 11) is 1.40. The number of aryl methyl sites for hydroxylation is 1. The molecule has 1 fully saturated rings. The lowest BCUT2D eigenvalue weighted by Crippen LogP contribution is -2.41. The molecule has 0 atom stereocenters. The number of carbonyl (C=O) groups excluding carboxylic acids is 2. The van der Waals surface area contributed by atoms with Crippen molar-refractivity contribution in [2.45, 2.75) is 52.1 Å². The molecule has 0 saturated carbocycles. The first-order chi connectivity index (χ1) is 12.7. The molecule has 2 aromatic rings. The maximum Gasteiger partial charge on any atom is 0.410 e. The summed E-state index contributed by atoms with van der Waals surface area (Å²) in [5.74, 6) is -0.163. The Bertz CT molecular complexity index is 855. The van der Waals surface area contributed by atoms with Crippen LogP contribution in [0.5, 0.6) is 0 Å². The number of nitrogens with one attached hydrogen (secondary N) is 1. The summed E-state index contributed by atoms with van der Waals surface area (Å²) >= 11 is 0. The quantitative estimate of drug-likeness (QED) is 0.794. The molecule has 0 radical (unpaired) electrons. The number of benzene rings is 1. The van der Waals surface area contributed by atoms with Crippen LogP contribution in [-0.4, -0.2) is 47.7 Å². The zero-order valence-electron chi connectivity index (χ0n) is 16.7. The predicted octanol–water partition coefficient (Wildman–Crippen LogP) is 4.38. The van der Waals surface area contributed by atoms with Crippen molar-refractivity contribution in [1.29, 1.82) is 0 Å². The van der Waals surface area contributed by atoms with Crippen LogP contribution in [0.3, 0.4) is 0 Å². The highest BCUT2D eigenvalue weighted by molar-refractivity contribution is 5.99. The first kappa shape index (κ1) is 19.3. The number of amides is 1. The SMILES string of the molecule is COC(=O)c1[nH]c2c(C)cccc2c1C1CCN(C(=O)OC(C)(C)C)CC1. The molecule has 0 aliphatic carbocycles. The van der Waals surface area contributed by atoms with Crippen LogP contribution in [0.1, 0.15) is 61.1 Å². The minimum absolute atomic E-state index is 0.188. The molecule has 6 nitrogen and oxygen atoms in total.